The summed E-state index contributed by atoms with van der Waals surface area (Å²) >= 11 is 0. The molecule has 21 heavy (non-hydrogen) atoms. The lowest BCUT2D eigenvalue weighted by Gasteiger charge is -2.26. The Labute approximate surface area is 136 Å². The summed E-state index contributed by atoms with van der Waals surface area (Å²) in [5.74, 6) is 5.36. The molecule has 0 aliphatic carbocycles. The first kappa shape index (κ1) is 21.0. The van der Waals surface area contributed by atoms with E-state index in [1.807, 2.05) is 0 Å². The van der Waals surface area contributed by atoms with Crippen LogP contribution in [0.25, 0.3) is 0 Å². The van der Waals surface area contributed by atoms with E-state index in [1.165, 1.54) is 44.9 Å². The van der Waals surface area contributed by atoms with Crippen LogP contribution in [0.3, 0.4) is 0 Å². The van der Waals surface area contributed by atoms with Crippen LogP contribution in [0.15, 0.2) is 0 Å². The molecule has 0 heterocycles. The monoisotopic (exact) mass is 296 g/mol. The normalized spacial score (nSPS) is 18.0. The van der Waals surface area contributed by atoms with E-state index < -0.39 is 0 Å². The maximum atomic E-state index is 2.49. The number of hydrogen-bond acceptors (Lipinski definition) is 0. The van der Waals surface area contributed by atoms with E-state index in [4.69, 9.17) is 0 Å². The number of hydrogen-bond donors (Lipinski definition) is 0. The zero-order valence-electron chi connectivity index (χ0n) is 16.4. The molecule has 0 amide bonds. The van der Waals surface area contributed by atoms with E-state index in [9.17, 15) is 0 Å². The zero-order chi connectivity index (χ0) is 16.4. The van der Waals surface area contributed by atoms with Crippen LogP contribution in [0.2, 0.25) is 0 Å². The molecule has 4 atom stereocenters. The lowest BCUT2D eigenvalue weighted by Crippen LogP contribution is -2.14. The summed E-state index contributed by atoms with van der Waals surface area (Å²) in [6.45, 7) is 19.2. The van der Waals surface area contributed by atoms with Crippen LogP contribution in [-0.4, -0.2) is 0 Å². The SMILES string of the molecule is CCC(CCCC(C)C(C)C)CC(C)C(C)CCC(C)C. The van der Waals surface area contributed by atoms with E-state index in [1.54, 1.807) is 0 Å². The van der Waals surface area contributed by atoms with Gasteiger partial charge in [-0.25, -0.2) is 0 Å². The molecule has 0 nitrogen and oxygen atoms in total. The Morgan fingerprint density at radius 2 is 1.24 bits per heavy atom. The second-order valence-electron chi connectivity index (χ2n) is 8.59. The van der Waals surface area contributed by atoms with Crippen LogP contribution in [0.5, 0.6) is 0 Å². The Balaban J connectivity index is 4.00. The highest BCUT2D eigenvalue weighted by atomic mass is 14.2. The highest BCUT2D eigenvalue weighted by molar-refractivity contribution is 4.69. The minimum atomic E-state index is 0.847. The molecule has 0 rings (SSSR count). The first-order valence-corrected chi connectivity index (χ1v) is 9.77. The van der Waals surface area contributed by atoms with Crippen molar-refractivity contribution in [3.63, 3.8) is 0 Å². The largest absolute Gasteiger partial charge is 0.0651 e. The highest BCUT2D eigenvalue weighted by Gasteiger charge is 2.18. The predicted molar refractivity (Wildman–Crippen MR) is 98.7 cm³/mol. The van der Waals surface area contributed by atoms with Gasteiger partial charge in [-0.2, -0.15) is 0 Å². The van der Waals surface area contributed by atoms with Gasteiger partial charge < -0.3 is 0 Å². The number of rotatable bonds is 12. The lowest BCUT2D eigenvalue weighted by atomic mass is 9.80. The van der Waals surface area contributed by atoms with Crippen LogP contribution < -0.4 is 0 Å². The van der Waals surface area contributed by atoms with Crippen molar-refractivity contribution in [2.24, 2.45) is 35.5 Å². The Morgan fingerprint density at radius 3 is 1.71 bits per heavy atom. The summed E-state index contributed by atoms with van der Waals surface area (Å²) in [6, 6.07) is 0. The van der Waals surface area contributed by atoms with Gasteiger partial charge in [0.05, 0.1) is 0 Å². The molecule has 0 aliphatic rings. The van der Waals surface area contributed by atoms with Crippen molar-refractivity contribution >= 4 is 0 Å². The van der Waals surface area contributed by atoms with Gasteiger partial charge in [0, 0.05) is 0 Å². The molecule has 0 fully saturated rings. The molecule has 0 saturated carbocycles. The van der Waals surface area contributed by atoms with E-state index in [0.717, 1.165) is 35.5 Å². The molecular weight excluding hydrogens is 252 g/mol. The van der Waals surface area contributed by atoms with Crippen molar-refractivity contribution in [2.45, 2.75) is 100 Å². The molecule has 0 N–H and O–H groups in total. The predicted octanol–water partition coefficient (Wildman–Crippen LogP) is 7.57. The summed E-state index contributed by atoms with van der Waals surface area (Å²) in [5.41, 5.74) is 0. The Bertz CT molecular complexity index is 228. The summed E-state index contributed by atoms with van der Waals surface area (Å²) in [7, 11) is 0. The molecule has 0 aliphatic heterocycles. The maximum Gasteiger partial charge on any atom is -0.0414 e. The molecule has 0 heteroatoms. The van der Waals surface area contributed by atoms with Gasteiger partial charge in [-0.1, -0.05) is 93.9 Å². The first-order valence-electron chi connectivity index (χ1n) is 9.77. The molecule has 128 valence electrons. The standard InChI is InChI=1S/C21H44/c1-9-21(12-10-11-18(6)17(4)5)15-20(8)19(7)14-13-16(2)3/h16-21H,9-15H2,1-8H3. The van der Waals surface area contributed by atoms with Gasteiger partial charge in [-0.15, -0.1) is 0 Å². The average molecular weight is 297 g/mol. The van der Waals surface area contributed by atoms with Gasteiger partial charge in [0.15, 0.2) is 0 Å². The zero-order valence-corrected chi connectivity index (χ0v) is 16.4. The van der Waals surface area contributed by atoms with Gasteiger partial charge in [0.1, 0.15) is 0 Å². The fourth-order valence-corrected chi connectivity index (χ4v) is 3.19. The molecule has 0 bridgehead atoms. The van der Waals surface area contributed by atoms with Crippen molar-refractivity contribution in [3.8, 4) is 0 Å². The van der Waals surface area contributed by atoms with Crippen LogP contribution >= 0.6 is 0 Å². The second-order valence-corrected chi connectivity index (χ2v) is 8.59. The molecule has 0 aromatic heterocycles. The van der Waals surface area contributed by atoms with Crippen molar-refractivity contribution in [1.82, 2.24) is 0 Å². The second kappa shape index (κ2) is 11.6. The fraction of sp³-hybridized carbons (Fsp3) is 1.00. The van der Waals surface area contributed by atoms with Crippen LogP contribution in [-0.2, 0) is 0 Å². The van der Waals surface area contributed by atoms with Gasteiger partial charge in [-0.05, 0) is 41.9 Å². The average Bonchev–Trinajstić information content (AvgIpc) is 2.42. The molecule has 0 aromatic rings. The van der Waals surface area contributed by atoms with Crippen molar-refractivity contribution < 1.29 is 0 Å². The van der Waals surface area contributed by atoms with Gasteiger partial charge in [0.2, 0.25) is 0 Å². The molecule has 4 unspecified atom stereocenters. The third kappa shape index (κ3) is 10.4. The van der Waals surface area contributed by atoms with Crippen LogP contribution in [0.4, 0.5) is 0 Å². The summed E-state index contributed by atoms with van der Waals surface area (Å²) in [4.78, 5) is 0. The van der Waals surface area contributed by atoms with E-state index in [2.05, 4.69) is 55.4 Å². The molecule has 0 spiro atoms. The Kier molecular flexibility index (Phi) is 11.6. The smallest absolute Gasteiger partial charge is 0.0414 e. The van der Waals surface area contributed by atoms with Crippen LogP contribution in [0.1, 0.15) is 100 Å². The lowest BCUT2D eigenvalue weighted by molar-refractivity contribution is 0.257. The maximum absolute atomic E-state index is 2.49. The molecular formula is C21H44. The molecule has 0 radical (unpaired) electrons. The van der Waals surface area contributed by atoms with E-state index >= 15 is 0 Å². The van der Waals surface area contributed by atoms with E-state index in [0.29, 0.717) is 0 Å². The van der Waals surface area contributed by atoms with Crippen molar-refractivity contribution in [1.29, 1.82) is 0 Å². The topological polar surface area (TPSA) is 0 Å². The molecule has 0 saturated heterocycles. The van der Waals surface area contributed by atoms with Gasteiger partial charge >= 0.3 is 0 Å². The summed E-state index contributed by atoms with van der Waals surface area (Å²) < 4.78 is 0. The fourth-order valence-electron chi connectivity index (χ4n) is 3.19. The summed E-state index contributed by atoms with van der Waals surface area (Å²) in [5, 5.41) is 0. The van der Waals surface area contributed by atoms with E-state index in [-0.39, 0.29) is 0 Å². The summed E-state index contributed by atoms with van der Waals surface area (Å²) in [6.07, 6.45) is 9.95. The first-order chi connectivity index (χ1) is 9.77. The van der Waals surface area contributed by atoms with Gasteiger partial charge in [-0.3, -0.25) is 0 Å². The minimum absolute atomic E-state index is 0.847. The quantitative estimate of drug-likeness (QED) is 0.348. The Morgan fingerprint density at radius 1 is 0.619 bits per heavy atom. The van der Waals surface area contributed by atoms with Crippen molar-refractivity contribution in [2.75, 3.05) is 0 Å². The third-order valence-electron chi connectivity index (χ3n) is 5.86. The Hall–Kier alpha value is 0. The van der Waals surface area contributed by atoms with Crippen molar-refractivity contribution in [3.05, 3.63) is 0 Å². The van der Waals surface area contributed by atoms with Gasteiger partial charge in [0.25, 0.3) is 0 Å². The van der Waals surface area contributed by atoms with Crippen LogP contribution in [0, 0.1) is 35.5 Å². The molecule has 0 aromatic carbocycles. The highest BCUT2D eigenvalue weighted by Crippen LogP contribution is 2.30. The minimum Gasteiger partial charge on any atom is -0.0651 e. The third-order valence-corrected chi connectivity index (χ3v) is 5.86.